The number of benzene rings is 1. The third-order valence-corrected chi connectivity index (χ3v) is 3.97. The van der Waals surface area contributed by atoms with Crippen LogP contribution in [-0.4, -0.2) is 25.8 Å². The van der Waals surface area contributed by atoms with Gasteiger partial charge in [0.05, 0.1) is 29.5 Å². The fourth-order valence-corrected chi connectivity index (χ4v) is 2.51. The molecule has 134 valence electrons. The zero-order chi connectivity index (χ0) is 18.8. The van der Waals surface area contributed by atoms with Gasteiger partial charge in [-0.1, -0.05) is 17.3 Å². The average Bonchev–Trinajstić information content (AvgIpc) is 3.19. The van der Waals surface area contributed by atoms with Gasteiger partial charge in [0.15, 0.2) is 5.69 Å². The first-order valence-corrected chi connectivity index (χ1v) is 7.86. The van der Waals surface area contributed by atoms with E-state index in [1.54, 1.807) is 6.92 Å². The first kappa shape index (κ1) is 17.3. The number of hydrogen-bond donors (Lipinski definition) is 1. The molecular formula is C17H17N5O4. The maximum atomic E-state index is 12.6. The second kappa shape index (κ2) is 6.79. The maximum absolute atomic E-state index is 12.6. The molecule has 0 saturated heterocycles. The summed E-state index contributed by atoms with van der Waals surface area (Å²) in [5.41, 5.74) is 3.28. The normalized spacial score (nSPS) is 10.7. The van der Waals surface area contributed by atoms with Gasteiger partial charge in [-0.2, -0.15) is 4.68 Å². The Labute approximate surface area is 148 Å². The molecule has 2 aromatic heterocycles. The fourth-order valence-electron chi connectivity index (χ4n) is 2.51. The Morgan fingerprint density at radius 1 is 1.31 bits per heavy atom. The van der Waals surface area contributed by atoms with Crippen LogP contribution in [0, 0.1) is 30.9 Å². The monoisotopic (exact) mass is 355 g/mol. The van der Waals surface area contributed by atoms with Crippen LogP contribution in [0.15, 0.2) is 35.0 Å². The van der Waals surface area contributed by atoms with Crippen LogP contribution in [0.3, 0.4) is 0 Å². The highest BCUT2D eigenvalue weighted by molar-refractivity contribution is 6.04. The molecule has 3 rings (SSSR count). The second-order valence-electron chi connectivity index (χ2n) is 5.97. The zero-order valence-electron chi connectivity index (χ0n) is 14.5. The molecule has 0 bridgehead atoms. The molecule has 0 unspecified atom stereocenters. The first-order chi connectivity index (χ1) is 12.3. The standard InChI is InChI=1S/C17H17N5O4/c1-10-4-5-11(2)14(8-10)18-17(23)16-13(12(3)26-20-16)9-21-7-6-15(19-21)22(24)25/h4-8H,9H2,1-3H3,(H,18,23). The summed E-state index contributed by atoms with van der Waals surface area (Å²) in [5.74, 6) is -0.220. The van der Waals surface area contributed by atoms with E-state index in [1.807, 2.05) is 32.0 Å². The van der Waals surface area contributed by atoms with E-state index in [0.717, 1.165) is 11.1 Å². The van der Waals surface area contributed by atoms with Crippen LogP contribution in [0.1, 0.15) is 32.9 Å². The quantitative estimate of drug-likeness (QED) is 0.555. The number of carbonyl (C=O) groups is 1. The first-order valence-electron chi connectivity index (χ1n) is 7.86. The minimum Gasteiger partial charge on any atom is -0.361 e. The van der Waals surface area contributed by atoms with E-state index in [9.17, 15) is 14.9 Å². The van der Waals surface area contributed by atoms with Crippen molar-refractivity contribution in [3.8, 4) is 0 Å². The van der Waals surface area contributed by atoms with Gasteiger partial charge in [0, 0.05) is 5.69 Å². The van der Waals surface area contributed by atoms with Crippen molar-refractivity contribution in [2.75, 3.05) is 5.32 Å². The van der Waals surface area contributed by atoms with Gasteiger partial charge in [-0.05, 0) is 42.9 Å². The van der Waals surface area contributed by atoms with Crippen molar-refractivity contribution < 1.29 is 14.2 Å². The fraction of sp³-hybridized carbons (Fsp3) is 0.235. The average molecular weight is 355 g/mol. The van der Waals surface area contributed by atoms with Crippen molar-refractivity contribution in [3.05, 3.63) is 68.7 Å². The lowest BCUT2D eigenvalue weighted by atomic mass is 10.1. The highest BCUT2D eigenvalue weighted by Crippen LogP contribution is 2.20. The Morgan fingerprint density at radius 3 is 2.77 bits per heavy atom. The largest absolute Gasteiger partial charge is 0.389 e. The molecule has 26 heavy (non-hydrogen) atoms. The van der Waals surface area contributed by atoms with Crippen LogP contribution >= 0.6 is 0 Å². The van der Waals surface area contributed by atoms with E-state index in [2.05, 4.69) is 15.6 Å². The number of amides is 1. The number of aromatic nitrogens is 3. The molecule has 1 N–H and O–H groups in total. The molecule has 0 fully saturated rings. The molecule has 0 aliphatic carbocycles. The predicted octanol–water partition coefficient (Wildman–Crippen LogP) is 3.01. The van der Waals surface area contributed by atoms with Crippen molar-refractivity contribution in [1.29, 1.82) is 0 Å². The Bertz CT molecular complexity index is 989. The van der Waals surface area contributed by atoms with Crippen molar-refractivity contribution in [1.82, 2.24) is 14.9 Å². The van der Waals surface area contributed by atoms with E-state index >= 15 is 0 Å². The molecule has 9 nitrogen and oxygen atoms in total. The van der Waals surface area contributed by atoms with E-state index in [1.165, 1.54) is 16.9 Å². The molecule has 0 saturated carbocycles. The Kier molecular flexibility index (Phi) is 4.53. The van der Waals surface area contributed by atoms with E-state index in [0.29, 0.717) is 17.0 Å². The number of aryl methyl sites for hydroxylation is 3. The number of nitrogens with one attached hydrogen (secondary N) is 1. The number of carbonyl (C=O) groups excluding carboxylic acids is 1. The molecular weight excluding hydrogens is 338 g/mol. The summed E-state index contributed by atoms with van der Waals surface area (Å²) < 4.78 is 6.52. The number of rotatable bonds is 5. The summed E-state index contributed by atoms with van der Waals surface area (Å²) in [6, 6.07) is 7.04. The van der Waals surface area contributed by atoms with Gasteiger partial charge < -0.3 is 20.0 Å². The zero-order valence-corrected chi connectivity index (χ0v) is 14.5. The predicted molar refractivity (Wildman–Crippen MR) is 93.1 cm³/mol. The summed E-state index contributed by atoms with van der Waals surface area (Å²) in [6.07, 6.45) is 1.47. The van der Waals surface area contributed by atoms with Crippen molar-refractivity contribution in [2.45, 2.75) is 27.3 Å². The minimum absolute atomic E-state index is 0.126. The number of nitrogens with zero attached hydrogens (tertiary/aromatic N) is 4. The van der Waals surface area contributed by atoms with Crippen LogP contribution in [0.2, 0.25) is 0 Å². The van der Waals surface area contributed by atoms with Gasteiger partial charge in [0.25, 0.3) is 5.91 Å². The van der Waals surface area contributed by atoms with Crippen molar-refractivity contribution in [2.24, 2.45) is 0 Å². The molecule has 1 aromatic carbocycles. The van der Waals surface area contributed by atoms with E-state index < -0.39 is 10.8 Å². The molecule has 0 radical (unpaired) electrons. The molecule has 0 aliphatic rings. The third-order valence-electron chi connectivity index (χ3n) is 3.97. The second-order valence-corrected chi connectivity index (χ2v) is 5.97. The number of hydrogen-bond acceptors (Lipinski definition) is 6. The van der Waals surface area contributed by atoms with Crippen molar-refractivity contribution in [3.63, 3.8) is 0 Å². The lowest BCUT2D eigenvalue weighted by Crippen LogP contribution is -2.16. The lowest BCUT2D eigenvalue weighted by molar-refractivity contribution is -0.389. The lowest BCUT2D eigenvalue weighted by Gasteiger charge is -2.08. The Morgan fingerprint density at radius 2 is 2.08 bits per heavy atom. The topological polar surface area (TPSA) is 116 Å². The molecule has 3 aromatic rings. The van der Waals surface area contributed by atoms with Crippen LogP contribution in [-0.2, 0) is 6.54 Å². The summed E-state index contributed by atoms with van der Waals surface area (Å²) in [5, 5.41) is 21.3. The molecule has 0 atom stereocenters. The third kappa shape index (κ3) is 3.46. The Hall–Kier alpha value is -3.49. The summed E-state index contributed by atoms with van der Waals surface area (Å²) >= 11 is 0. The molecule has 2 heterocycles. The van der Waals surface area contributed by atoms with Gasteiger partial charge in [0.1, 0.15) is 5.76 Å². The van der Waals surface area contributed by atoms with Crippen molar-refractivity contribution >= 4 is 17.4 Å². The van der Waals surface area contributed by atoms with E-state index in [4.69, 9.17) is 4.52 Å². The highest BCUT2D eigenvalue weighted by Gasteiger charge is 2.22. The van der Waals surface area contributed by atoms with Gasteiger partial charge in [-0.15, -0.1) is 0 Å². The van der Waals surface area contributed by atoms with Crippen LogP contribution in [0.5, 0.6) is 0 Å². The molecule has 0 spiro atoms. The smallest absolute Gasteiger partial charge is 0.361 e. The van der Waals surface area contributed by atoms with Gasteiger partial charge in [0.2, 0.25) is 0 Å². The highest BCUT2D eigenvalue weighted by atomic mass is 16.6. The van der Waals surface area contributed by atoms with Crippen LogP contribution < -0.4 is 5.32 Å². The minimum atomic E-state index is -0.578. The number of nitro groups is 1. The SMILES string of the molecule is Cc1ccc(C)c(NC(=O)c2noc(C)c2Cn2ccc([N+](=O)[O-])n2)c1. The van der Waals surface area contributed by atoms with Gasteiger partial charge >= 0.3 is 5.82 Å². The Balaban J connectivity index is 1.85. The van der Waals surface area contributed by atoms with Gasteiger partial charge in [-0.3, -0.25) is 4.79 Å². The summed E-state index contributed by atoms with van der Waals surface area (Å²) in [7, 11) is 0. The maximum Gasteiger partial charge on any atom is 0.389 e. The van der Waals surface area contributed by atoms with Crippen LogP contribution in [0.25, 0.3) is 0 Å². The number of anilines is 1. The van der Waals surface area contributed by atoms with E-state index in [-0.39, 0.29) is 18.1 Å². The molecule has 1 amide bonds. The van der Waals surface area contributed by atoms with Crippen LogP contribution in [0.4, 0.5) is 11.5 Å². The summed E-state index contributed by atoms with van der Waals surface area (Å²) in [6.45, 7) is 5.64. The molecule has 9 heteroatoms. The molecule has 0 aliphatic heterocycles. The van der Waals surface area contributed by atoms with Gasteiger partial charge in [-0.25, -0.2) is 0 Å². The summed E-state index contributed by atoms with van der Waals surface area (Å²) in [4.78, 5) is 22.8.